The van der Waals surface area contributed by atoms with Gasteiger partial charge >= 0.3 is 12.1 Å². The van der Waals surface area contributed by atoms with Crippen LogP contribution in [0.4, 0.5) is 19.3 Å². The third-order valence-corrected chi connectivity index (χ3v) is 6.65. The molecule has 0 bridgehead atoms. The van der Waals surface area contributed by atoms with Gasteiger partial charge in [-0.2, -0.15) is 4.98 Å². The average Bonchev–Trinajstić information content (AvgIpc) is 3.69. The fourth-order valence-corrected chi connectivity index (χ4v) is 4.37. The molecule has 47 heavy (non-hydrogen) atoms. The second kappa shape index (κ2) is 13.2. The molecule has 15 heteroatoms. The Balaban J connectivity index is 1.23. The van der Waals surface area contributed by atoms with Gasteiger partial charge in [-0.1, -0.05) is 16.4 Å². The zero-order valence-electron chi connectivity index (χ0n) is 25.6. The average molecular weight is 646 g/mol. The molecule has 0 radical (unpaired) electrons. The van der Waals surface area contributed by atoms with Gasteiger partial charge in [-0.15, -0.1) is 5.10 Å². The fraction of sp³-hybridized carbons (Fsp3) is 0.219. The van der Waals surface area contributed by atoms with E-state index in [1.807, 2.05) is 0 Å². The van der Waals surface area contributed by atoms with E-state index in [0.29, 0.717) is 22.5 Å². The summed E-state index contributed by atoms with van der Waals surface area (Å²) in [5.74, 6) is -3.23. The van der Waals surface area contributed by atoms with Crippen molar-refractivity contribution in [1.29, 1.82) is 0 Å². The van der Waals surface area contributed by atoms with E-state index in [9.17, 15) is 23.9 Å². The van der Waals surface area contributed by atoms with Crippen LogP contribution in [0.15, 0.2) is 71.4 Å². The minimum Gasteiger partial charge on any atom is -0.480 e. The van der Waals surface area contributed by atoms with E-state index in [0.717, 1.165) is 6.07 Å². The van der Waals surface area contributed by atoms with Crippen LogP contribution in [-0.2, 0) is 16.0 Å². The van der Waals surface area contributed by atoms with Gasteiger partial charge in [-0.3, -0.25) is 10.1 Å². The number of carboxylic acid groups (broad SMARTS) is 1. The minimum absolute atomic E-state index is 0.00974. The molecule has 2 amide bonds. The molecule has 0 spiro atoms. The summed E-state index contributed by atoms with van der Waals surface area (Å²) in [4.78, 5) is 41.0. The zero-order chi connectivity index (χ0) is 33.9. The molecule has 5 rings (SSSR count). The number of carbonyl (C=O) groups excluding carboxylic acids is 2. The highest BCUT2D eigenvalue weighted by molar-refractivity contribution is 5.94. The molecule has 2 heterocycles. The number of aliphatic carboxylic acids is 1. The van der Waals surface area contributed by atoms with Crippen LogP contribution in [0.5, 0.6) is 0 Å². The molecule has 5 aromatic rings. The Kier molecular flexibility index (Phi) is 9.08. The van der Waals surface area contributed by atoms with Crippen LogP contribution in [-0.4, -0.2) is 59.9 Å². The second-order valence-electron chi connectivity index (χ2n) is 11.5. The highest BCUT2D eigenvalue weighted by Crippen LogP contribution is 2.26. The van der Waals surface area contributed by atoms with Crippen molar-refractivity contribution in [2.75, 3.05) is 5.32 Å². The van der Waals surface area contributed by atoms with Gasteiger partial charge in [0.05, 0.1) is 17.4 Å². The Morgan fingerprint density at radius 1 is 1.02 bits per heavy atom. The number of hydrogen-bond donors (Lipinski definition) is 3. The lowest BCUT2D eigenvalue weighted by Gasteiger charge is -2.19. The van der Waals surface area contributed by atoms with Gasteiger partial charge in [0.15, 0.2) is 5.69 Å². The molecule has 1 unspecified atom stereocenters. The van der Waals surface area contributed by atoms with Gasteiger partial charge in [0, 0.05) is 17.7 Å². The zero-order valence-corrected chi connectivity index (χ0v) is 25.6. The van der Waals surface area contributed by atoms with E-state index in [2.05, 4.69) is 31.1 Å². The van der Waals surface area contributed by atoms with E-state index >= 15 is 4.39 Å². The van der Waals surface area contributed by atoms with Gasteiger partial charge in [0.25, 0.3) is 11.8 Å². The largest absolute Gasteiger partial charge is 0.480 e. The van der Waals surface area contributed by atoms with Crippen molar-refractivity contribution < 1.29 is 37.5 Å². The van der Waals surface area contributed by atoms with Crippen molar-refractivity contribution >= 4 is 23.7 Å². The number of carbonyl (C=O) groups is 3. The lowest BCUT2D eigenvalue weighted by Crippen LogP contribution is -2.42. The lowest BCUT2D eigenvalue weighted by atomic mass is 10.0. The molecule has 0 fully saturated rings. The summed E-state index contributed by atoms with van der Waals surface area (Å²) in [6, 6.07) is 13.3. The number of nitrogens with zero attached hydrogens (tertiary/aromatic N) is 5. The third kappa shape index (κ3) is 8.00. The molecule has 13 nitrogen and oxygen atoms in total. The number of anilines is 1. The maximum atomic E-state index is 15.2. The monoisotopic (exact) mass is 645 g/mol. The molecule has 242 valence electrons. The Bertz CT molecular complexity index is 1950. The molecule has 3 N–H and O–H groups in total. The number of nitrogens with one attached hydrogen (secondary N) is 2. The molecule has 0 aliphatic carbocycles. The van der Waals surface area contributed by atoms with E-state index in [1.54, 1.807) is 52.0 Å². The summed E-state index contributed by atoms with van der Waals surface area (Å²) in [5.41, 5.74) is 1.30. The highest BCUT2D eigenvalue weighted by Gasteiger charge is 2.24. The van der Waals surface area contributed by atoms with Crippen molar-refractivity contribution in [3.05, 3.63) is 95.3 Å². The van der Waals surface area contributed by atoms with Crippen molar-refractivity contribution in [2.24, 2.45) is 0 Å². The van der Waals surface area contributed by atoms with E-state index in [4.69, 9.17) is 9.26 Å². The number of aromatic nitrogens is 5. The number of halogens is 2. The smallest absolute Gasteiger partial charge is 0.412 e. The van der Waals surface area contributed by atoms with Gasteiger partial charge < -0.3 is 19.7 Å². The molecule has 3 aromatic carbocycles. The van der Waals surface area contributed by atoms with Gasteiger partial charge in [0.1, 0.15) is 23.3 Å². The number of carboxylic acids is 1. The van der Waals surface area contributed by atoms with Gasteiger partial charge in [-0.25, -0.2) is 23.1 Å². The van der Waals surface area contributed by atoms with Gasteiger partial charge in [0.2, 0.25) is 5.82 Å². The summed E-state index contributed by atoms with van der Waals surface area (Å²) >= 11 is 0. The lowest BCUT2D eigenvalue weighted by molar-refractivity contribution is -0.139. The van der Waals surface area contributed by atoms with Crippen molar-refractivity contribution in [2.45, 2.75) is 45.8 Å². The molecule has 0 saturated heterocycles. The van der Waals surface area contributed by atoms with Crippen molar-refractivity contribution in [3.8, 4) is 28.5 Å². The number of benzene rings is 3. The summed E-state index contributed by atoms with van der Waals surface area (Å²) in [6.07, 6.45) is 0.429. The Hall–Kier alpha value is -5.99. The first-order valence-corrected chi connectivity index (χ1v) is 14.2. The topological polar surface area (TPSA) is 174 Å². The SMILES string of the molecule is Cc1cc(-n2cc(C(=O)NC(Cc3ccc(-c4noc(-c5ccc(NC(=O)OC(C)(C)C)cc5)n4)c(F)c3)C(=O)O)nn2)ccc1F. The van der Waals surface area contributed by atoms with Crippen LogP contribution < -0.4 is 10.6 Å². The van der Waals surface area contributed by atoms with Crippen molar-refractivity contribution in [1.82, 2.24) is 30.5 Å². The first-order chi connectivity index (χ1) is 22.3. The van der Waals surface area contributed by atoms with Gasteiger partial charge in [-0.05, 0) is 93.4 Å². The standard InChI is InChI=1S/C32H29F2N7O6/c1-17-13-21(10-12-23(17)33)41-16-26(38-40-41)28(42)36-25(30(43)44)15-18-5-11-22(24(34)14-18)27-37-29(47-39-27)19-6-8-20(9-7-19)35-31(45)46-32(2,3)4/h5-14,16,25H,15H2,1-4H3,(H,35,45)(H,36,42)(H,43,44). The number of rotatable bonds is 9. The molecule has 2 aromatic heterocycles. The second-order valence-corrected chi connectivity index (χ2v) is 11.5. The first kappa shape index (κ1) is 32.4. The molecule has 1 atom stereocenters. The van der Waals surface area contributed by atoms with E-state index in [-0.39, 0.29) is 35.0 Å². The fourth-order valence-electron chi connectivity index (χ4n) is 4.37. The summed E-state index contributed by atoms with van der Waals surface area (Å²) in [7, 11) is 0. The quantitative estimate of drug-likeness (QED) is 0.190. The first-order valence-electron chi connectivity index (χ1n) is 14.2. The summed E-state index contributed by atoms with van der Waals surface area (Å²) < 4.78 is 40.6. The van der Waals surface area contributed by atoms with Crippen LogP contribution >= 0.6 is 0 Å². The summed E-state index contributed by atoms with van der Waals surface area (Å²) in [5, 5.41) is 26.2. The predicted octanol–water partition coefficient (Wildman–Crippen LogP) is 5.34. The molecule has 0 aliphatic heterocycles. The Morgan fingerprint density at radius 2 is 1.77 bits per heavy atom. The molecule has 0 aliphatic rings. The summed E-state index contributed by atoms with van der Waals surface area (Å²) in [6.45, 7) is 6.83. The van der Waals surface area contributed by atoms with Crippen LogP contribution in [0.1, 0.15) is 42.4 Å². The molecular formula is C32H29F2N7O6. The molecule has 0 saturated carbocycles. The normalized spacial score (nSPS) is 12.0. The predicted molar refractivity (Wildman–Crippen MR) is 164 cm³/mol. The number of amides is 2. The molecular weight excluding hydrogens is 616 g/mol. The van der Waals surface area contributed by atoms with Crippen LogP contribution in [0.3, 0.4) is 0 Å². The van der Waals surface area contributed by atoms with Crippen LogP contribution in [0.25, 0.3) is 28.5 Å². The maximum Gasteiger partial charge on any atom is 0.412 e. The number of aryl methyl sites for hydroxylation is 1. The minimum atomic E-state index is -1.42. The van der Waals surface area contributed by atoms with E-state index < -0.39 is 41.2 Å². The Morgan fingerprint density at radius 3 is 2.43 bits per heavy atom. The van der Waals surface area contributed by atoms with Crippen molar-refractivity contribution in [3.63, 3.8) is 0 Å². The number of hydrogen-bond acceptors (Lipinski definition) is 9. The third-order valence-electron chi connectivity index (χ3n) is 6.65. The van der Waals surface area contributed by atoms with Crippen LogP contribution in [0, 0.1) is 18.6 Å². The maximum absolute atomic E-state index is 15.2. The highest BCUT2D eigenvalue weighted by atomic mass is 19.1. The Labute approximate surface area is 266 Å². The number of ether oxygens (including phenoxy) is 1. The van der Waals surface area contributed by atoms with Crippen LogP contribution in [0.2, 0.25) is 0 Å². The van der Waals surface area contributed by atoms with E-state index in [1.165, 1.54) is 41.2 Å².